The van der Waals surface area contributed by atoms with E-state index in [0.29, 0.717) is 12.8 Å². The van der Waals surface area contributed by atoms with Crippen molar-refractivity contribution in [3.8, 4) is 0 Å². The number of allylic oxidation sites excluding steroid dienone is 26. The van der Waals surface area contributed by atoms with E-state index in [9.17, 15) is 19.0 Å². The fourth-order valence-corrected chi connectivity index (χ4v) is 7.97. The molecule has 0 bridgehead atoms. The second kappa shape index (κ2) is 58.9. The Labute approximate surface area is 458 Å². The first-order chi connectivity index (χ1) is 36.8. The van der Waals surface area contributed by atoms with E-state index in [0.717, 1.165) is 122 Å². The summed E-state index contributed by atoms with van der Waals surface area (Å²) < 4.78 is 33.0. The Morgan fingerprint density at radius 1 is 0.400 bits per heavy atom. The summed E-state index contributed by atoms with van der Waals surface area (Å²) in [4.78, 5) is 35.2. The first-order valence-electron chi connectivity index (χ1n) is 29.0. The summed E-state index contributed by atoms with van der Waals surface area (Å²) in [6, 6.07) is 0. The molecule has 0 saturated carbocycles. The van der Waals surface area contributed by atoms with Crippen molar-refractivity contribution in [3.63, 3.8) is 0 Å². The van der Waals surface area contributed by atoms with Crippen LogP contribution in [0.4, 0.5) is 0 Å². The van der Waals surface area contributed by atoms with Crippen LogP contribution in [0.5, 0.6) is 0 Å². The quantitative estimate of drug-likeness (QED) is 0.0264. The predicted octanol–water partition coefficient (Wildman–Crippen LogP) is 18.5. The Morgan fingerprint density at radius 3 is 1.05 bits per heavy atom. The molecule has 9 nitrogen and oxygen atoms in total. The lowest BCUT2D eigenvalue weighted by Crippen LogP contribution is -2.29. The van der Waals surface area contributed by atoms with E-state index in [2.05, 4.69) is 172 Å². The smallest absolute Gasteiger partial charge is 0.462 e. The van der Waals surface area contributed by atoms with E-state index in [-0.39, 0.29) is 32.6 Å². The van der Waals surface area contributed by atoms with Gasteiger partial charge >= 0.3 is 19.8 Å². The predicted molar refractivity (Wildman–Crippen MR) is 320 cm³/mol. The number of rotatable bonds is 52. The number of nitrogens with two attached hydrogens (primary N) is 1. The highest BCUT2D eigenvalue weighted by Gasteiger charge is 2.26. The summed E-state index contributed by atoms with van der Waals surface area (Å²) in [5.74, 6) is -0.895. The lowest BCUT2D eigenvalue weighted by atomic mass is 10.0. The average molecular weight is 1060 g/mol. The van der Waals surface area contributed by atoms with E-state index < -0.39 is 32.5 Å². The van der Waals surface area contributed by atoms with Crippen LogP contribution in [0.25, 0.3) is 0 Å². The molecule has 0 amide bonds. The van der Waals surface area contributed by atoms with Crippen molar-refractivity contribution in [1.82, 2.24) is 0 Å². The van der Waals surface area contributed by atoms with E-state index in [4.69, 9.17) is 24.3 Å². The number of phosphoric acid groups is 1. The molecule has 0 heterocycles. The highest BCUT2D eigenvalue weighted by molar-refractivity contribution is 7.47. The molecule has 0 rings (SSSR count). The normalized spacial score (nSPS) is 14.2. The lowest BCUT2D eigenvalue weighted by Gasteiger charge is -2.19. The summed E-state index contributed by atoms with van der Waals surface area (Å²) in [5, 5.41) is 0. The van der Waals surface area contributed by atoms with Gasteiger partial charge in [0.25, 0.3) is 0 Å². The third-order valence-electron chi connectivity index (χ3n) is 11.4. The Hall–Kier alpha value is -4.37. The number of hydrogen-bond acceptors (Lipinski definition) is 8. The topological polar surface area (TPSA) is 134 Å². The standard InChI is InChI=1S/C65H104NO8P/c1-3-5-7-9-11-13-15-17-19-21-23-25-27-29-31-33-35-37-39-41-43-45-47-49-51-53-55-57-64(67)71-61-63(62-73-75(69,70)72-60-59-66)74-65(68)58-56-54-52-50-48-46-44-42-40-38-36-34-32-30-28-26-24-22-20-18-16-14-12-10-8-6-4-2/h5-8,11-14,17-20,23-26,29-32,36,38,42,44,48,50,63H,3-4,9-10,15-16,21-22,27-28,33-35,37,39-41,43,45-47,49,51-62,66H2,1-2H3,(H,69,70)/b7-5-,8-6-,13-11-,14-12-,19-17-,20-18-,25-23-,26-24-,31-29-,32-30-,38-36-,44-42-,50-48-. The molecular weight excluding hydrogens is 954 g/mol. The van der Waals surface area contributed by atoms with Crippen molar-refractivity contribution in [2.45, 2.75) is 213 Å². The van der Waals surface area contributed by atoms with Gasteiger partial charge in [0.05, 0.1) is 13.2 Å². The van der Waals surface area contributed by atoms with Crippen molar-refractivity contribution in [2.24, 2.45) is 5.73 Å². The van der Waals surface area contributed by atoms with Crippen LogP contribution in [0.1, 0.15) is 206 Å². The van der Waals surface area contributed by atoms with Crippen LogP contribution in [0.3, 0.4) is 0 Å². The number of ether oxygens (including phenoxy) is 2. The third kappa shape index (κ3) is 58.7. The molecule has 0 aromatic rings. The maximum Gasteiger partial charge on any atom is 0.472 e. The van der Waals surface area contributed by atoms with E-state index in [1.807, 2.05) is 0 Å². The van der Waals surface area contributed by atoms with Gasteiger partial charge in [-0.05, 0) is 122 Å². The zero-order valence-electron chi connectivity index (χ0n) is 47.0. The van der Waals surface area contributed by atoms with Crippen LogP contribution in [-0.4, -0.2) is 49.3 Å². The summed E-state index contributed by atoms with van der Waals surface area (Å²) >= 11 is 0. The Balaban J connectivity index is 4.13. The minimum absolute atomic E-state index is 0.0365. The SMILES string of the molecule is CC/C=C\C/C=C\C/C=C\C/C=C\C/C=C\C/C=C\C/C=C\C/C=C\CCCCC(=O)OC(COC(=O)CCCCCCCCCCCCC/C=C\C/C=C\C/C=C\C/C=C\C/C=C\CC)COP(=O)(O)OCCN. The lowest BCUT2D eigenvalue weighted by molar-refractivity contribution is -0.161. The number of phosphoric ester groups is 1. The average Bonchev–Trinajstić information content (AvgIpc) is 3.40. The van der Waals surface area contributed by atoms with Gasteiger partial charge in [0, 0.05) is 19.4 Å². The first kappa shape index (κ1) is 70.6. The molecule has 0 aromatic heterocycles. The van der Waals surface area contributed by atoms with Gasteiger partial charge in [-0.25, -0.2) is 4.57 Å². The van der Waals surface area contributed by atoms with Crippen LogP contribution >= 0.6 is 7.82 Å². The second-order valence-electron chi connectivity index (χ2n) is 18.4. The van der Waals surface area contributed by atoms with E-state index >= 15 is 0 Å². The molecule has 0 saturated heterocycles. The fourth-order valence-electron chi connectivity index (χ4n) is 7.21. The first-order valence-corrected chi connectivity index (χ1v) is 30.5. The van der Waals surface area contributed by atoms with Crippen molar-refractivity contribution < 1.29 is 37.6 Å². The minimum Gasteiger partial charge on any atom is -0.462 e. The van der Waals surface area contributed by atoms with E-state index in [1.165, 1.54) is 44.9 Å². The summed E-state index contributed by atoms with van der Waals surface area (Å²) in [6.45, 7) is 3.44. The molecule has 3 N–H and O–H groups in total. The molecule has 0 aliphatic carbocycles. The van der Waals surface area contributed by atoms with Crippen LogP contribution in [0.15, 0.2) is 158 Å². The Morgan fingerprint density at radius 2 is 0.693 bits per heavy atom. The maximum atomic E-state index is 12.7. The minimum atomic E-state index is -4.41. The largest absolute Gasteiger partial charge is 0.472 e. The molecular formula is C65H104NO8P. The number of unbranched alkanes of at least 4 members (excludes halogenated alkanes) is 13. The molecule has 0 fully saturated rings. The fraction of sp³-hybridized carbons (Fsp3) is 0.569. The molecule has 422 valence electrons. The third-order valence-corrected chi connectivity index (χ3v) is 12.4. The molecule has 75 heavy (non-hydrogen) atoms. The Bertz CT molecular complexity index is 1780. The molecule has 0 radical (unpaired) electrons. The van der Waals surface area contributed by atoms with Gasteiger partial charge in [0.2, 0.25) is 0 Å². The van der Waals surface area contributed by atoms with Crippen molar-refractivity contribution in [2.75, 3.05) is 26.4 Å². The van der Waals surface area contributed by atoms with Gasteiger partial charge < -0.3 is 20.1 Å². The maximum absolute atomic E-state index is 12.7. The second-order valence-corrected chi connectivity index (χ2v) is 19.8. The molecule has 0 aromatic carbocycles. The molecule has 2 atom stereocenters. The van der Waals surface area contributed by atoms with E-state index in [1.54, 1.807) is 0 Å². The van der Waals surface area contributed by atoms with Crippen LogP contribution in [0.2, 0.25) is 0 Å². The zero-order chi connectivity index (χ0) is 54.5. The van der Waals surface area contributed by atoms with Gasteiger partial charge in [0.15, 0.2) is 6.10 Å². The van der Waals surface area contributed by atoms with Gasteiger partial charge in [0.1, 0.15) is 6.61 Å². The highest BCUT2D eigenvalue weighted by Crippen LogP contribution is 2.43. The Kier molecular flexibility index (Phi) is 55.5. The number of hydrogen-bond donors (Lipinski definition) is 2. The van der Waals surface area contributed by atoms with Crippen molar-refractivity contribution in [3.05, 3.63) is 158 Å². The van der Waals surface area contributed by atoms with Gasteiger partial charge in [-0.2, -0.15) is 0 Å². The molecule has 2 unspecified atom stereocenters. The van der Waals surface area contributed by atoms with Gasteiger partial charge in [-0.15, -0.1) is 0 Å². The van der Waals surface area contributed by atoms with Crippen LogP contribution in [0, 0.1) is 0 Å². The molecule has 0 aliphatic rings. The van der Waals surface area contributed by atoms with Crippen molar-refractivity contribution in [1.29, 1.82) is 0 Å². The van der Waals surface area contributed by atoms with Crippen LogP contribution < -0.4 is 5.73 Å². The summed E-state index contributed by atoms with van der Waals surface area (Å²) in [7, 11) is -4.41. The monoisotopic (exact) mass is 1060 g/mol. The molecule has 0 aliphatic heterocycles. The van der Waals surface area contributed by atoms with Gasteiger partial charge in [-0.1, -0.05) is 230 Å². The molecule has 10 heteroatoms. The van der Waals surface area contributed by atoms with Crippen molar-refractivity contribution >= 4 is 19.8 Å². The van der Waals surface area contributed by atoms with Gasteiger partial charge in [-0.3, -0.25) is 18.6 Å². The number of esters is 2. The summed E-state index contributed by atoms with van der Waals surface area (Å²) in [5.41, 5.74) is 5.38. The van der Waals surface area contributed by atoms with Crippen LogP contribution in [-0.2, 0) is 32.7 Å². The molecule has 0 spiro atoms. The number of carbonyl (C=O) groups excluding carboxylic acids is 2. The summed E-state index contributed by atoms with van der Waals surface area (Å²) in [6.07, 6.45) is 85.8. The number of carbonyl (C=O) groups is 2. The highest BCUT2D eigenvalue weighted by atomic mass is 31.2. The zero-order valence-corrected chi connectivity index (χ0v) is 47.9.